The lowest BCUT2D eigenvalue weighted by Gasteiger charge is -2.43. The number of hydrogen-bond acceptors (Lipinski definition) is 6. The van der Waals surface area contributed by atoms with E-state index in [1.54, 1.807) is 12.0 Å². The summed E-state index contributed by atoms with van der Waals surface area (Å²) < 4.78 is 18.6. The van der Waals surface area contributed by atoms with Crippen LogP contribution in [-0.2, 0) is 20.8 Å². The number of unbranched alkanes of at least 4 members (excludes halogenated alkanes) is 1. The number of epoxide rings is 1. The third-order valence-corrected chi connectivity index (χ3v) is 7.09. The summed E-state index contributed by atoms with van der Waals surface area (Å²) in [5.74, 6) is 0.786. The van der Waals surface area contributed by atoms with E-state index in [9.17, 15) is 9.59 Å². The van der Waals surface area contributed by atoms with Crippen molar-refractivity contribution in [2.24, 2.45) is 11.8 Å². The number of hydrogen-bond donors (Lipinski definition) is 0. The quantitative estimate of drug-likeness (QED) is 0.331. The van der Waals surface area contributed by atoms with Gasteiger partial charge in [0.1, 0.15) is 5.60 Å². The van der Waals surface area contributed by atoms with Crippen molar-refractivity contribution >= 4 is 23.0 Å². The van der Waals surface area contributed by atoms with Crippen LogP contribution in [0.5, 0.6) is 0 Å². The van der Waals surface area contributed by atoms with Gasteiger partial charge < -0.3 is 28.6 Å². The topological polar surface area (TPSA) is 89.4 Å². The van der Waals surface area contributed by atoms with Gasteiger partial charge in [-0.05, 0) is 58.1 Å². The maximum Gasteiger partial charge on any atom is 0.410 e. The van der Waals surface area contributed by atoms with E-state index in [2.05, 4.69) is 18.4 Å². The number of carbonyl (C=O) groups is 2. The van der Waals surface area contributed by atoms with Crippen LogP contribution in [0.15, 0.2) is 24.3 Å². The van der Waals surface area contributed by atoms with Gasteiger partial charge in [0.15, 0.2) is 5.82 Å². The number of aryl methyl sites for hydroxylation is 1. The van der Waals surface area contributed by atoms with Gasteiger partial charge in [-0.15, -0.1) is 0 Å². The van der Waals surface area contributed by atoms with E-state index in [-0.39, 0.29) is 36.0 Å². The molecule has 1 unspecified atom stereocenters. The molecule has 9 heteroatoms. The number of carbonyl (C=O) groups excluding carboxylic acids is 2. The van der Waals surface area contributed by atoms with Crippen LogP contribution in [0.1, 0.15) is 64.5 Å². The summed E-state index contributed by atoms with van der Waals surface area (Å²) in [6, 6.07) is 7.76. The molecule has 0 spiro atoms. The SMILES string of the molecule is COCCCCn1c(C(=O)N(CC(C)C)[C@H]2C[C@@H](C3CO3)CN(C(=O)OC(C)(C)C)C2)nc2ccccc21. The smallest absolute Gasteiger partial charge is 0.410 e. The summed E-state index contributed by atoms with van der Waals surface area (Å²) >= 11 is 0. The molecule has 2 amide bonds. The second-order valence-electron chi connectivity index (χ2n) is 12.0. The van der Waals surface area contributed by atoms with Crippen LogP contribution in [-0.4, -0.2) is 89.1 Å². The molecule has 2 saturated heterocycles. The summed E-state index contributed by atoms with van der Waals surface area (Å²) in [5.41, 5.74) is 1.19. The largest absolute Gasteiger partial charge is 0.444 e. The molecule has 3 atom stereocenters. The molecule has 210 valence electrons. The molecule has 1 aromatic carbocycles. The molecule has 0 saturated carbocycles. The number of imidazole rings is 1. The Bertz CT molecular complexity index is 1100. The number of methoxy groups -OCH3 is 1. The number of likely N-dealkylation sites (tertiary alicyclic amines) is 1. The zero-order valence-corrected chi connectivity index (χ0v) is 23.8. The van der Waals surface area contributed by atoms with Crippen LogP contribution in [0.25, 0.3) is 11.0 Å². The lowest BCUT2D eigenvalue weighted by molar-refractivity contribution is -0.00159. The molecular formula is C29H44N4O5. The van der Waals surface area contributed by atoms with Crippen LogP contribution in [0.4, 0.5) is 4.79 Å². The summed E-state index contributed by atoms with van der Waals surface area (Å²) in [7, 11) is 1.70. The van der Waals surface area contributed by atoms with Gasteiger partial charge in [-0.1, -0.05) is 26.0 Å². The summed E-state index contributed by atoms with van der Waals surface area (Å²) in [4.78, 5) is 35.9. The van der Waals surface area contributed by atoms with E-state index in [1.807, 2.05) is 49.9 Å². The van der Waals surface area contributed by atoms with Crippen LogP contribution >= 0.6 is 0 Å². The zero-order valence-electron chi connectivity index (χ0n) is 23.8. The van der Waals surface area contributed by atoms with Crippen molar-refractivity contribution in [3.05, 3.63) is 30.1 Å². The van der Waals surface area contributed by atoms with Crippen LogP contribution < -0.4 is 0 Å². The van der Waals surface area contributed by atoms with E-state index in [0.29, 0.717) is 45.2 Å². The Hall–Kier alpha value is -2.65. The normalized spacial score (nSPS) is 21.7. The number of fused-ring (bicyclic) bond motifs is 1. The first kappa shape index (κ1) is 28.4. The van der Waals surface area contributed by atoms with Crippen molar-refractivity contribution in [3.63, 3.8) is 0 Å². The van der Waals surface area contributed by atoms with Crippen LogP contribution in [0.3, 0.4) is 0 Å². The van der Waals surface area contributed by atoms with Crippen molar-refractivity contribution in [2.75, 3.05) is 40.0 Å². The molecule has 2 aliphatic rings. The first-order chi connectivity index (χ1) is 18.1. The van der Waals surface area contributed by atoms with E-state index in [0.717, 1.165) is 30.3 Å². The number of ether oxygens (including phenoxy) is 3. The van der Waals surface area contributed by atoms with Crippen molar-refractivity contribution < 1.29 is 23.8 Å². The van der Waals surface area contributed by atoms with E-state index < -0.39 is 5.60 Å². The molecule has 1 aromatic heterocycles. The average Bonchev–Trinajstić information content (AvgIpc) is 3.65. The molecule has 2 aromatic rings. The summed E-state index contributed by atoms with van der Waals surface area (Å²) in [5, 5.41) is 0. The zero-order chi connectivity index (χ0) is 27.4. The van der Waals surface area contributed by atoms with Gasteiger partial charge >= 0.3 is 6.09 Å². The molecule has 2 aliphatic heterocycles. The van der Waals surface area contributed by atoms with Crippen molar-refractivity contribution in [1.82, 2.24) is 19.4 Å². The van der Waals surface area contributed by atoms with Gasteiger partial charge in [-0.2, -0.15) is 0 Å². The Morgan fingerprint density at radius 2 is 1.92 bits per heavy atom. The highest BCUT2D eigenvalue weighted by molar-refractivity contribution is 5.95. The van der Waals surface area contributed by atoms with E-state index in [4.69, 9.17) is 19.2 Å². The van der Waals surface area contributed by atoms with Crippen molar-refractivity contribution in [3.8, 4) is 0 Å². The minimum atomic E-state index is -0.587. The van der Waals surface area contributed by atoms with Crippen molar-refractivity contribution in [1.29, 1.82) is 0 Å². The number of rotatable bonds is 10. The minimum Gasteiger partial charge on any atom is -0.444 e. The van der Waals surface area contributed by atoms with Crippen LogP contribution in [0.2, 0.25) is 0 Å². The third kappa shape index (κ3) is 7.05. The number of nitrogens with zero attached hydrogens (tertiary/aromatic N) is 4. The first-order valence-corrected chi connectivity index (χ1v) is 13.9. The second kappa shape index (κ2) is 12.0. The maximum atomic E-state index is 14.3. The number of para-hydroxylation sites is 2. The second-order valence-corrected chi connectivity index (χ2v) is 12.0. The summed E-state index contributed by atoms with van der Waals surface area (Å²) in [6.45, 7) is 13.5. The Morgan fingerprint density at radius 3 is 2.58 bits per heavy atom. The number of piperidine rings is 1. The fourth-order valence-corrected chi connectivity index (χ4v) is 5.31. The number of benzene rings is 1. The van der Waals surface area contributed by atoms with Gasteiger partial charge in [0.25, 0.3) is 5.91 Å². The molecule has 9 nitrogen and oxygen atoms in total. The monoisotopic (exact) mass is 528 g/mol. The molecule has 38 heavy (non-hydrogen) atoms. The molecular weight excluding hydrogens is 484 g/mol. The van der Waals surface area contributed by atoms with E-state index >= 15 is 0 Å². The van der Waals surface area contributed by atoms with E-state index in [1.165, 1.54) is 0 Å². The highest BCUT2D eigenvalue weighted by Crippen LogP contribution is 2.32. The fourth-order valence-electron chi connectivity index (χ4n) is 5.31. The Morgan fingerprint density at radius 1 is 1.18 bits per heavy atom. The minimum absolute atomic E-state index is 0.0897. The predicted molar refractivity (Wildman–Crippen MR) is 146 cm³/mol. The van der Waals surface area contributed by atoms with Gasteiger partial charge in [0.2, 0.25) is 0 Å². The Kier molecular flexibility index (Phi) is 8.98. The average molecular weight is 529 g/mol. The molecule has 0 aliphatic carbocycles. The van der Waals surface area contributed by atoms with Gasteiger partial charge in [-0.25, -0.2) is 9.78 Å². The molecule has 0 radical (unpaired) electrons. The van der Waals surface area contributed by atoms with Gasteiger partial charge in [0.05, 0.1) is 29.8 Å². The molecule has 4 rings (SSSR count). The highest BCUT2D eigenvalue weighted by Gasteiger charge is 2.44. The summed E-state index contributed by atoms with van der Waals surface area (Å²) in [6.07, 6.45) is 2.37. The lowest BCUT2D eigenvalue weighted by Crippen LogP contribution is -2.56. The van der Waals surface area contributed by atoms with Crippen LogP contribution in [0, 0.1) is 11.8 Å². The molecule has 2 fully saturated rings. The van der Waals surface area contributed by atoms with Gasteiger partial charge in [0, 0.05) is 45.8 Å². The molecule has 0 bridgehead atoms. The Balaban J connectivity index is 1.64. The Labute approximate surface area is 226 Å². The molecule has 3 heterocycles. The predicted octanol–water partition coefficient (Wildman–Crippen LogP) is 4.59. The standard InChI is InChI=1S/C29H44N4O5/c1-20(2)16-33(22-15-21(25-19-37-25)17-31(18-22)28(35)38-29(3,4)5)27(34)26-30-23-11-7-8-12-24(23)32(26)13-9-10-14-36-6/h7-8,11-12,20-22,25H,9-10,13-19H2,1-6H3/t21-,22+,25?/m1/s1. The molecule has 0 N–H and O–H groups in total. The number of aromatic nitrogens is 2. The first-order valence-electron chi connectivity index (χ1n) is 13.9. The van der Waals surface area contributed by atoms with Crippen molar-refractivity contribution in [2.45, 2.75) is 78.2 Å². The lowest BCUT2D eigenvalue weighted by atomic mass is 9.90. The van der Waals surface area contributed by atoms with Gasteiger partial charge in [-0.3, -0.25) is 4.79 Å². The number of amides is 2. The fraction of sp³-hybridized carbons (Fsp3) is 0.690. The third-order valence-electron chi connectivity index (χ3n) is 7.09. The highest BCUT2D eigenvalue weighted by atomic mass is 16.6. The maximum absolute atomic E-state index is 14.3.